The fraction of sp³-hybridized carbons (Fsp3) is 0.455. The quantitative estimate of drug-likeness (QED) is 0.129. The lowest BCUT2D eigenvalue weighted by Gasteiger charge is -2.24. The zero-order chi connectivity index (χ0) is 24.5. The topological polar surface area (TPSA) is 202 Å². The maximum atomic E-state index is 13.1. The number of nitrogens with one attached hydrogen (secondary N) is 3. The highest BCUT2D eigenvalue weighted by Gasteiger charge is 2.29. The minimum Gasteiger partial charge on any atom is -0.480 e. The summed E-state index contributed by atoms with van der Waals surface area (Å²) in [5, 5.41) is 15.7. The molecule has 0 radical (unpaired) electrons. The number of nitrogens with two attached hydrogens (primary N) is 3. The predicted octanol–water partition coefficient (Wildman–Crippen LogP) is -0.198. The normalized spacial score (nSPS) is 13.8. The van der Waals surface area contributed by atoms with Gasteiger partial charge in [0.1, 0.15) is 12.1 Å². The minimum absolute atomic E-state index is 0.0890. The van der Waals surface area contributed by atoms with E-state index in [4.69, 9.17) is 17.2 Å². The molecule has 10 N–H and O–H groups in total. The van der Waals surface area contributed by atoms with E-state index in [9.17, 15) is 19.5 Å². The summed E-state index contributed by atoms with van der Waals surface area (Å²) >= 11 is 0. The summed E-state index contributed by atoms with van der Waals surface area (Å²) in [6, 6.07) is 4.58. The number of carbonyl (C=O) groups is 3. The molecular formula is C22H33N7O4. The molecule has 0 fully saturated rings. The van der Waals surface area contributed by atoms with Crippen LogP contribution in [0.25, 0.3) is 10.9 Å². The number of carboxylic acid groups (broad SMARTS) is 1. The number of nitrogens with zero attached hydrogens (tertiary/aromatic N) is 1. The number of amides is 2. The highest BCUT2D eigenvalue weighted by Crippen LogP contribution is 2.19. The van der Waals surface area contributed by atoms with Gasteiger partial charge in [0, 0.05) is 30.1 Å². The lowest BCUT2D eigenvalue weighted by molar-refractivity contribution is -0.142. The second-order valence-corrected chi connectivity index (χ2v) is 8.24. The molecule has 3 unspecified atom stereocenters. The van der Waals surface area contributed by atoms with Crippen LogP contribution in [-0.2, 0) is 20.8 Å². The molecular weight excluding hydrogens is 426 g/mol. The molecule has 2 aromatic rings. The predicted molar refractivity (Wildman–Crippen MR) is 126 cm³/mol. The zero-order valence-electron chi connectivity index (χ0n) is 18.9. The Morgan fingerprint density at radius 2 is 1.76 bits per heavy atom. The van der Waals surface area contributed by atoms with Crippen LogP contribution in [0.4, 0.5) is 0 Å². The van der Waals surface area contributed by atoms with Crippen molar-refractivity contribution in [2.24, 2.45) is 28.1 Å². The molecule has 1 heterocycles. The second kappa shape index (κ2) is 11.9. The van der Waals surface area contributed by atoms with Crippen LogP contribution in [-0.4, -0.2) is 58.5 Å². The Hall–Kier alpha value is -3.60. The van der Waals surface area contributed by atoms with Crippen LogP contribution in [0.3, 0.4) is 0 Å². The van der Waals surface area contributed by atoms with Gasteiger partial charge in [0.25, 0.3) is 0 Å². The summed E-state index contributed by atoms with van der Waals surface area (Å²) in [5.74, 6) is -2.51. The van der Waals surface area contributed by atoms with E-state index < -0.39 is 35.9 Å². The monoisotopic (exact) mass is 459 g/mol. The van der Waals surface area contributed by atoms with Crippen molar-refractivity contribution in [1.29, 1.82) is 0 Å². The van der Waals surface area contributed by atoms with Gasteiger partial charge >= 0.3 is 5.97 Å². The van der Waals surface area contributed by atoms with Gasteiger partial charge in [0.2, 0.25) is 11.8 Å². The van der Waals surface area contributed by atoms with Gasteiger partial charge in [0.05, 0.1) is 6.04 Å². The summed E-state index contributed by atoms with van der Waals surface area (Å²) in [7, 11) is 0. The first-order valence-corrected chi connectivity index (χ1v) is 10.8. The van der Waals surface area contributed by atoms with Crippen molar-refractivity contribution >= 4 is 34.6 Å². The SMILES string of the molecule is CC(C)C(N)C(=O)NC(Cc1c[nH]c2ccccc12)C(=O)NC(CCCN=C(N)N)C(=O)O. The molecule has 11 heteroatoms. The Balaban J connectivity index is 2.19. The molecule has 33 heavy (non-hydrogen) atoms. The van der Waals surface area contributed by atoms with Crippen LogP contribution in [0.15, 0.2) is 35.5 Å². The van der Waals surface area contributed by atoms with Crippen LogP contribution < -0.4 is 27.8 Å². The van der Waals surface area contributed by atoms with Crippen molar-refractivity contribution in [3.05, 3.63) is 36.0 Å². The molecule has 11 nitrogen and oxygen atoms in total. The van der Waals surface area contributed by atoms with Crippen molar-refractivity contribution in [3.8, 4) is 0 Å². The van der Waals surface area contributed by atoms with Crippen LogP contribution >= 0.6 is 0 Å². The number of benzene rings is 1. The summed E-state index contributed by atoms with van der Waals surface area (Å²) in [6.45, 7) is 3.84. The number of fused-ring (bicyclic) bond motifs is 1. The van der Waals surface area contributed by atoms with E-state index in [0.717, 1.165) is 16.5 Å². The number of aromatic amines is 1. The summed E-state index contributed by atoms with van der Waals surface area (Å²) in [5.41, 5.74) is 18.2. The number of para-hydroxylation sites is 1. The maximum Gasteiger partial charge on any atom is 0.326 e. The summed E-state index contributed by atoms with van der Waals surface area (Å²) < 4.78 is 0. The summed E-state index contributed by atoms with van der Waals surface area (Å²) in [4.78, 5) is 44.3. The number of carbonyl (C=O) groups excluding carboxylic acids is 2. The average Bonchev–Trinajstić information content (AvgIpc) is 3.17. The third-order valence-corrected chi connectivity index (χ3v) is 5.31. The van der Waals surface area contributed by atoms with E-state index in [1.54, 1.807) is 20.0 Å². The first-order chi connectivity index (χ1) is 15.6. The minimum atomic E-state index is -1.19. The molecule has 0 aliphatic carbocycles. The standard InChI is InChI=1S/C22H33N7O4/c1-12(2)18(23)20(31)29-17(10-13-11-27-15-7-4-3-6-14(13)15)19(30)28-16(21(32)33)8-5-9-26-22(24)25/h3-4,6-7,11-12,16-18,27H,5,8-10,23H2,1-2H3,(H,28,30)(H,29,31)(H,32,33)(H4,24,25,26). The number of hydrogen-bond acceptors (Lipinski definition) is 5. The van der Waals surface area contributed by atoms with Crippen LogP contribution in [0, 0.1) is 5.92 Å². The van der Waals surface area contributed by atoms with Crippen molar-refractivity contribution < 1.29 is 19.5 Å². The number of hydrogen-bond donors (Lipinski definition) is 7. The number of guanidine groups is 1. The summed E-state index contributed by atoms with van der Waals surface area (Å²) in [6.07, 6.45) is 2.40. The Bertz CT molecular complexity index is 998. The van der Waals surface area contributed by atoms with Crippen LogP contribution in [0.1, 0.15) is 32.3 Å². The van der Waals surface area contributed by atoms with Gasteiger partial charge in [-0.2, -0.15) is 0 Å². The zero-order valence-corrected chi connectivity index (χ0v) is 18.9. The lowest BCUT2D eigenvalue weighted by atomic mass is 10.0. The first-order valence-electron chi connectivity index (χ1n) is 10.8. The van der Waals surface area contributed by atoms with E-state index in [2.05, 4.69) is 20.6 Å². The van der Waals surface area contributed by atoms with E-state index in [-0.39, 0.29) is 31.3 Å². The number of rotatable bonds is 12. The third-order valence-electron chi connectivity index (χ3n) is 5.31. The van der Waals surface area contributed by atoms with Crippen LogP contribution in [0.2, 0.25) is 0 Å². The number of carboxylic acids is 1. The third kappa shape index (κ3) is 7.49. The van der Waals surface area contributed by atoms with E-state index in [0.29, 0.717) is 6.42 Å². The second-order valence-electron chi connectivity index (χ2n) is 8.24. The van der Waals surface area contributed by atoms with Crippen molar-refractivity contribution in [2.45, 2.75) is 51.2 Å². The number of aliphatic carboxylic acids is 1. The van der Waals surface area contributed by atoms with E-state index >= 15 is 0 Å². The molecule has 0 saturated carbocycles. The van der Waals surface area contributed by atoms with Gasteiger partial charge < -0.3 is 37.9 Å². The number of aliphatic imine (C=N–C) groups is 1. The van der Waals surface area contributed by atoms with Gasteiger partial charge in [-0.1, -0.05) is 32.0 Å². The molecule has 3 atom stereocenters. The fourth-order valence-electron chi connectivity index (χ4n) is 3.33. The molecule has 2 amide bonds. The molecule has 2 rings (SSSR count). The highest BCUT2D eigenvalue weighted by atomic mass is 16.4. The Labute approximate surface area is 192 Å². The molecule has 1 aromatic heterocycles. The Morgan fingerprint density at radius 1 is 1.09 bits per heavy atom. The van der Waals surface area contributed by atoms with E-state index in [1.165, 1.54) is 0 Å². The molecule has 1 aromatic carbocycles. The van der Waals surface area contributed by atoms with Gasteiger partial charge in [-0.15, -0.1) is 0 Å². The van der Waals surface area contributed by atoms with Gasteiger partial charge in [0.15, 0.2) is 5.96 Å². The molecule has 180 valence electrons. The van der Waals surface area contributed by atoms with Gasteiger partial charge in [-0.25, -0.2) is 4.79 Å². The number of H-pyrrole nitrogens is 1. The smallest absolute Gasteiger partial charge is 0.326 e. The Morgan fingerprint density at radius 3 is 2.39 bits per heavy atom. The fourth-order valence-corrected chi connectivity index (χ4v) is 3.33. The molecule has 0 spiro atoms. The van der Waals surface area contributed by atoms with Gasteiger partial charge in [-0.05, 0) is 30.4 Å². The molecule has 0 bridgehead atoms. The average molecular weight is 460 g/mol. The maximum absolute atomic E-state index is 13.1. The van der Waals surface area contributed by atoms with Crippen LogP contribution in [0.5, 0.6) is 0 Å². The van der Waals surface area contributed by atoms with Crippen molar-refractivity contribution in [3.63, 3.8) is 0 Å². The molecule has 0 aliphatic heterocycles. The molecule has 0 saturated heterocycles. The molecule has 0 aliphatic rings. The van der Waals surface area contributed by atoms with Gasteiger partial charge in [-0.3, -0.25) is 14.6 Å². The van der Waals surface area contributed by atoms with Crippen molar-refractivity contribution in [1.82, 2.24) is 15.6 Å². The van der Waals surface area contributed by atoms with Crippen molar-refractivity contribution in [2.75, 3.05) is 6.54 Å². The highest BCUT2D eigenvalue weighted by molar-refractivity contribution is 5.93. The van der Waals surface area contributed by atoms with E-state index in [1.807, 2.05) is 24.3 Å². The largest absolute Gasteiger partial charge is 0.480 e. The first kappa shape index (κ1) is 25.7. The number of aromatic nitrogens is 1. The Kier molecular flexibility index (Phi) is 9.22. The lowest BCUT2D eigenvalue weighted by Crippen LogP contribution is -2.56.